The molecule has 0 aromatic heterocycles. The van der Waals surface area contributed by atoms with E-state index in [2.05, 4.69) is 31.3 Å². The predicted molar refractivity (Wildman–Crippen MR) is 296 cm³/mol. The number of hydrogen-bond donors (Lipinski definition) is 3. The summed E-state index contributed by atoms with van der Waals surface area (Å²) in [5.74, 6) is -0.110. The number of amides is 1. The SMILES string of the molecule is CCCCCCCCCCCCCCCCCCCC/C=C/C(O)C(CO)NC(=O)CCCCCCC/C=C\CCCCCOC(=O)CCCCCCCCCCCCCCCCCCCCC. The monoisotopic (exact) mass is 958 g/mol. The van der Waals surface area contributed by atoms with Crippen molar-refractivity contribution in [2.24, 2.45) is 0 Å². The fraction of sp³-hybridized carbons (Fsp3) is 0.903. The van der Waals surface area contributed by atoms with E-state index in [1.807, 2.05) is 6.08 Å². The molecule has 402 valence electrons. The smallest absolute Gasteiger partial charge is 0.305 e. The molecule has 0 aromatic rings. The van der Waals surface area contributed by atoms with Crippen LogP contribution in [-0.4, -0.2) is 47.4 Å². The summed E-state index contributed by atoms with van der Waals surface area (Å²) < 4.78 is 5.47. The zero-order chi connectivity index (χ0) is 49.3. The second-order valence-corrected chi connectivity index (χ2v) is 21.0. The van der Waals surface area contributed by atoms with Crippen LogP contribution in [0.25, 0.3) is 0 Å². The van der Waals surface area contributed by atoms with Crippen LogP contribution in [0.5, 0.6) is 0 Å². The Morgan fingerprint density at radius 2 is 0.691 bits per heavy atom. The van der Waals surface area contributed by atoms with Gasteiger partial charge in [0.05, 0.1) is 25.4 Å². The summed E-state index contributed by atoms with van der Waals surface area (Å²) in [7, 11) is 0. The molecule has 1 amide bonds. The van der Waals surface area contributed by atoms with E-state index in [-0.39, 0.29) is 18.5 Å². The molecule has 0 saturated carbocycles. The van der Waals surface area contributed by atoms with Crippen molar-refractivity contribution in [1.29, 1.82) is 0 Å². The summed E-state index contributed by atoms with van der Waals surface area (Å²) in [6.07, 6.45) is 70.7. The van der Waals surface area contributed by atoms with Crippen molar-refractivity contribution in [2.45, 2.75) is 347 Å². The quantitative estimate of drug-likeness (QED) is 0.0321. The third-order valence-corrected chi connectivity index (χ3v) is 14.2. The van der Waals surface area contributed by atoms with Crippen LogP contribution >= 0.6 is 0 Å². The third kappa shape index (κ3) is 53.7. The fourth-order valence-corrected chi connectivity index (χ4v) is 9.51. The molecule has 0 aliphatic rings. The minimum atomic E-state index is -0.861. The maximum atomic E-state index is 12.5. The maximum Gasteiger partial charge on any atom is 0.305 e. The van der Waals surface area contributed by atoms with Crippen molar-refractivity contribution < 1.29 is 24.5 Å². The normalized spacial score (nSPS) is 12.7. The zero-order valence-electron chi connectivity index (χ0n) is 45.9. The molecule has 0 radical (unpaired) electrons. The molecule has 2 unspecified atom stereocenters. The van der Waals surface area contributed by atoms with Crippen LogP contribution in [0.4, 0.5) is 0 Å². The Bertz CT molecular complexity index is 1060. The highest BCUT2D eigenvalue weighted by Crippen LogP contribution is 2.17. The van der Waals surface area contributed by atoms with E-state index < -0.39 is 12.1 Å². The Balaban J connectivity index is 3.50. The van der Waals surface area contributed by atoms with E-state index in [1.54, 1.807) is 6.08 Å². The highest BCUT2D eigenvalue weighted by molar-refractivity contribution is 5.76. The van der Waals surface area contributed by atoms with Crippen molar-refractivity contribution in [3.05, 3.63) is 24.3 Å². The lowest BCUT2D eigenvalue weighted by molar-refractivity contribution is -0.143. The topological polar surface area (TPSA) is 95.9 Å². The van der Waals surface area contributed by atoms with Gasteiger partial charge >= 0.3 is 5.97 Å². The zero-order valence-corrected chi connectivity index (χ0v) is 45.9. The molecule has 0 aliphatic carbocycles. The highest BCUT2D eigenvalue weighted by Gasteiger charge is 2.18. The van der Waals surface area contributed by atoms with E-state index in [4.69, 9.17) is 4.74 Å². The molecule has 0 bridgehead atoms. The second-order valence-electron chi connectivity index (χ2n) is 21.0. The first-order valence-electron chi connectivity index (χ1n) is 30.6. The first-order valence-corrected chi connectivity index (χ1v) is 30.6. The van der Waals surface area contributed by atoms with E-state index >= 15 is 0 Å². The Morgan fingerprint density at radius 3 is 1.04 bits per heavy atom. The van der Waals surface area contributed by atoms with Crippen LogP contribution in [-0.2, 0) is 14.3 Å². The Kier molecular flexibility index (Phi) is 56.5. The van der Waals surface area contributed by atoms with Crippen molar-refractivity contribution in [2.75, 3.05) is 13.2 Å². The van der Waals surface area contributed by atoms with E-state index in [0.717, 1.165) is 77.0 Å². The van der Waals surface area contributed by atoms with Crippen LogP contribution in [0.1, 0.15) is 335 Å². The lowest BCUT2D eigenvalue weighted by Crippen LogP contribution is -2.45. The summed E-state index contributed by atoms with van der Waals surface area (Å²) >= 11 is 0. The van der Waals surface area contributed by atoms with Crippen LogP contribution in [0.15, 0.2) is 24.3 Å². The first-order chi connectivity index (χ1) is 33.5. The van der Waals surface area contributed by atoms with Gasteiger partial charge in [-0.2, -0.15) is 0 Å². The van der Waals surface area contributed by atoms with Crippen LogP contribution in [0.3, 0.4) is 0 Å². The molecular formula is C62H119NO5. The molecule has 0 heterocycles. The van der Waals surface area contributed by atoms with Crippen LogP contribution in [0.2, 0.25) is 0 Å². The highest BCUT2D eigenvalue weighted by atomic mass is 16.5. The second kappa shape index (κ2) is 57.9. The predicted octanol–water partition coefficient (Wildman–Crippen LogP) is 19.0. The Morgan fingerprint density at radius 1 is 0.397 bits per heavy atom. The molecule has 0 rings (SSSR count). The lowest BCUT2D eigenvalue weighted by Gasteiger charge is -2.20. The van der Waals surface area contributed by atoms with Crippen molar-refractivity contribution in [3.8, 4) is 0 Å². The van der Waals surface area contributed by atoms with Gasteiger partial charge < -0.3 is 20.3 Å². The summed E-state index contributed by atoms with van der Waals surface area (Å²) in [4.78, 5) is 24.6. The van der Waals surface area contributed by atoms with Crippen LogP contribution in [0, 0.1) is 0 Å². The van der Waals surface area contributed by atoms with Gasteiger partial charge in [-0.1, -0.05) is 282 Å². The van der Waals surface area contributed by atoms with Gasteiger partial charge in [0.1, 0.15) is 0 Å². The molecule has 0 aromatic carbocycles. The van der Waals surface area contributed by atoms with Gasteiger partial charge in [0, 0.05) is 12.8 Å². The molecule has 0 saturated heterocycles. The summed E-state index contributed by atoms with van der Waals surface area (Å²) in [5.41, 5.74) is 0. The first kappa shape index (κ1) is 66.3. The van der Waals surface area contributed by atoms with Gasteiger partial charge in [-0.15, -0.1) is 0 Å². The Hall–Kier alpha value is -1.66. The number of aliphatic hydroxyl groups is 2. The molecule has 6 heteroatoms. The number of hydrogen-bond acceptors (Lipinski definition) is 5. The van der Waals surface area contributed by atoms with Gasteiger partial charge in [-0.05, 0) is 64.2 Å². The molecule has 6 nitrogen and oxygen atoms in total. The van der Waals surface area contributed by atoms with Gasteiger partial charge in [-0.25, -0.2) is 0 Å². The minimum Gasteiger partial charge on any atom is -0.466 e. The molecular weight excluding hydrogens is 839 g/mol. The third-order valence-electron chi connectivity index (χ3n) is 14.2. The minimum absolute atomic E-state index is 0.0190. The number of aliphatic hydroxyl groups excluding tert-OH is 2. The molecule has 0 aliphatic heterocycles. The average molecular weight is 959 g/mol. The lowest BCUT2D eigenvalue weighted by atomic mass is 10.0. The summed E-state index contributed by atoms with van der Waals surface area (Å²) in [5, 5.41) is 23.2. The van der Waals surface area contributed by atoms with Gasteiger partial charge in [0.25, 0.3) is 0 Å². The molecule has 2 atom stereocenters. The Labute approximate surface area is 424 Å². The van der Waals surface area contributed by atoms with Gasteiger partial charge in [-0.3, -0.25) is 9.59 Å². The molecule has 0 spiro atoms. The number of carbonyl (C=O) groups excluding carboxylic acids is 2. The standard InChI is InChI=1S/C62H119NO5/c1-3-5-7-9-11-13-15-17-19-21-23-25-26-28-30-34-38-42-46-50-54-60(65)59(58-64)63-61(66)55-51-47-43-39-35-32-33-37-41-45-49-53-57-68-62(67)56-52-48-44-40-36-31-29-27-24-22-20-18-16-14-12-10-8-6-4-2/h33,37,50,54,59-60,64-65H,3-32,34-36,38-49,51-53,55-58H2,1-2H3,(H,63,66)/b37-33-,54-50+. The molecule has 0 fully saturated rings. The van der Waals surface area contributed by atoms with E-state index in [0.29, 0.717) is 19.4 Å². The van der Waals surface area contributed by atoms with Crippen molar-refractivity contribution >= 4 is 11.9 Å². The number of unbranched alkanes of at least 4 members (excludes halogenated alkanes) is 44. The van der Waals surface area contributed by atoms with Crippen LogP contribution < -0.4 is 5.32 Å². The van der Waals surface area contributed by atoms with E-state index in [9.17, 15) is 19.8 Å². The summed E-state index contributed by atoms with van der Waals surface area (Å²) in [6, 6.07) is -0.647. The fourth-order valence-electron chi connectivity index (χ4n) is 9.51. The van der Waals surface area contributed by atoms with E-state index in [1.165, 1.54) is 231 Å². The van der Waals surface area contributed by atoms with Crippen molar-refractivity contribution in [3.63, 3.8) is 0 Å². The number of rotatable bonds is 57. The van der Waals surface area contributed by atoms with Crippen molar-refractivity contribution in [1.82, 2.24) is 5.32 Å². The number of ether oxygens (including phenoxy) is 1. The molecule has 68 heavy (non-hydrogen) atoms. The maximum absolute atomic E-state index is 12.5. The average Bonchev–Trinajstić information content (AvgIpc) is 3.34. The number of nitrogens with one attached hydrogen (secondary N) is 1. The summed E-state index contributed by atoms with van der Waals surface area (Å²) in [6.45, 7) is 4.87. The number of esters is 1. The van der Waals surface area contributed by atoms with Gasteiger partial charge in [0.2, 0.25) is 5.91 Å². The largest absolute Gasteiger partial charge is 0.466 e. The number of allylic oxidation sites excluding steroid dienone is 3. The number of carbonyl (C=O) groups is 2. The van der Waals surface area contributed by atoms with Gasteiger partial charge in [0.15, 0.2) is 0 Å². The molecule has 3 N–H and O–H groups in total.